The third-order valence-electron chi connectivity index (χ3n) is 6.68. The highest BCUT2D eigenvalue weighted by Gasteiger charge is 2.32. The van der Waals surface area contributed by atoms with Gasteiger partial charge in [0.15, 0.2) is 0 Å². The van der Waals surface area contributed by atoms with Crippen LogP contribution in [0.2, 0.25) is 5.02 Å². The Kier molecular flexibility index (Phi) is 10.1. The first kappa shape index (κ1) is 30.2. The average molecular weight is 581 g/mol. The maximum atomic E-state index is 13.8. The number of ether oxygens (including phenoxy) is 1. The number of nitro benzene ring substituents is 1. The summed E-state index contributed by atoms with van der Waals surface area (Å²) in [6.45, 7) is 0.861. The molecule has 39 heavy (non-hydrogen) atoms. The maximum absolute atomic E-state index is 13.8. The van der Waals surface area contributed by atoms with Crippen LogP contribution in [0.15, 0.2) is 42.5 Å². The van der Waals surface area contributed by atoms with E-state index in [0.29, 0.717) is 10.6 Å². The van der Waals surface area contributed by atoms with Crippen molar-refractivity contribution in [3.63, 3.8) is 0 Å². The van der Waals surface area contributed by atoms with Crippen molar-refractivity contribution in [3.05, 3.63) is 63.2 Å². The van der Waals surface area contributed by atoms with Crippen molar-refractivity contribution >= 4 is 44.8 Å². The fraction of sp³-hybridized carbons (Fsp3) is 0.462. The van der Waals surface area contributed by atoms with E-state index in [1.165, 1.54) is 24.1 Å². The second-order valence-electron chi connectivity index (χ2n) is 9.55. The summed E-state index contributed by atoms with van der Waals surface area (Å²) in [7, 11) is -2.82. The van der Waals surface area contributed by atoms with Crippen molar-refractivity contribution in [2.45, 2.75) is 57.7 Å². The molecule has 0 bridgehead atoms. The molecule has 3 rings (SSSR count). The highest BCUT2D eigenvalue weighted by molar-refractivity contribution is 7.92. The number of carbonyl (C=O) groups is 2. The fourth-order valence-corrected chi connectivity index (χ4v) is 5.62. The molecule has 1 fully saturated rings. The zero-order valence-electron chi connectivity index (χ0n) is 22.1. The number of nitrogens with one attached hydrogen (secondary N) is 1. The zero-order chi connectivity index (χ0) is 28.7. The van der Waals surface area contributed by atoms with Gasteiger partial charge in [-0.3, -0.25) is 24.0 Å². The van der Waals surface area contributed by atoms with Gasteiger partial charge in [0.25, 0.3) is 5.69 Å². The van der Waals surface area contributed by atoms with E-state index < -0.39 is 33.4 Å². The molecule has 2 amide bonds. The quantitative estimate of drug-likeness (QED) is 0.314. The van der Waals surface area contributed by atoms with Gasteiger partial charge in [0, 0.05) is 29.7 Å². The van der Waals surface area contributed by atoms with Crippen LogP contribution in [0, 0.1) is 10.1 Å². The van der Waals surface area contributed by atoms with Crippen LogP contribution in [0.3, 0.4) is 0 Å². The average Bonchev–Trinajstić information content (AvgIpc) is 2.89. The van der Waals surface area contributed by atoms with Crippen LogP contribution in [0.1, 0.15) is 44.6 Å². The van der Waals surface area contributed by atoms with Crippen LogP contribution in [0.25, 0.3) is 0 Å². The molecular formula is C26H33ClN4O7S. The first-order valence-electron chi connectivity index (χ1n) is 12.5. The molecule has 1 atom stereocenters. The number of sulfonamides is 1. The number of methoxy groups -OCH3 is 1. The smallest absolute Gasteiger partial charge is 0.271 e. The summed E-state index contributed by atoms with van der Waals surface area (Å²) in [5, 5.41) is 14.8. The van der Waals surface area contributed by atoms with E-state index in [-0.39, 0.29) is 35.6 Å². The van der Waals surface area contributed by atoms with E-state index in [9.17, 15) is 28.1 Å². The summed E-state index contributed by atoms with van der Waals surface area (Å²) in [4.78, 5) is 39.0. The van der Waals surface area contributed by atoms with Crippen molar-refractivity contribution in [2.75, 3.05) is 24.2 Å². The van der Waals surface area contributed by atoms with Gasteiger partial charge in [-0.15, -0.1) is 0 Å². The lowest BCUT2D eigenvalue weighted by atomic mass is 9.95. The highest BCUT2D eigenvalue weighted by Crippen LogP contribution is 2.34. The van der Waals surface area contributed by atoms with E-state index >= 15 is 0 Å². The molecule has 1 N–H and O–H groups in total. The Balaban J connectivity index is 1.96. The number of halogens is 1. The van der Waals surface area contributed by atoms with E-state index in [4.69, 9.17) is 16.3 Å². The van der Waals surface area contributed by atoms with E-state index in [1.807, 2.05) is 0 Å². The lowest BCUT2D eigenvalue weighted by Gasteiger charge is -2.33. The number of carbonyl (C=O) groups excluding carboxylic acids is 2. The Bertz CT molecular complexity index is 1320. The number of nitro groups is 1. The molecule has 0 saturated heterocycles. The van der Waals surface area contributed by atoms with Gasteiger partial charge in [-0.1, -0.05) is 43.0 Å². The monoisotopic (exact) mass is 580 g/mol. The predicted octanol–water partition coefficient (Wildman–Crippen LogP) is 3.89. The molecule has 212 valence electrons. The number of nitrogens with zero attached hydrogens (tertiary/aromatic N) is 3. The van der Waals surface area contributed by atoms with Gasteiger partial charge in [-0.2, -0.15) is 0 Å². The minimum Gasteiger partial charge on any atom is -0.495 e. The number of hydrogen-bond acceptors (Lipinski definition) is 7. The number of non-ortho nitro benzene ring substituents is 1. The van der Waals surface area contributed by atoms with Crippen molar-refractivity contribution in [1.82, 2.24) is 10.2 Å². The van der Waals surface area contributed by atoms with Crippen LogP contribution < -0.4 is 14.4 Å². The topological polar surface area (TPSA) is 139 Å². The van der Waals surface area contributed by atoms with Gasteiger partial charge in [-0.05, 0) is 43.5 Å². The van der Waals surface area contributed by atoms with Gasteiger partial charge in [0.05, 0.1) is 18.3 Å². The van der Waals surface area contributed by atoms with Gasteiger partial charge >= 0.3 is 0 Å². The van der Waals surface area contributed by atoms with Gasteiger partial charge in [0.1, 0.15) is 24.0 Å². The summed E-state index contributed by atoms with van der Waals surface area (Å²) < 4.78 is 31.7. The summed E-state index contributed by atoms with van der Waals surface area (Å²) in [5.74, 6) is -1.00. The van der Waals surface area contributed by atoms with Crippen molar-refractivity contribution in [2.24, 2.45) is 0 Å². The van der Waals surface area contributed by atoms with Crippen LogP contribution in [-0.4, -0.2) is 62.0 Å². The number of hydrogen-bond donors (Lipinski definition) is 1. The Hall–Kier alpha value is -3.38. The largest absolute Gasteiger partial charge is 0.495 e. The highest BCUT2D eigenvalue weighted by atomic mass is 35.5. The van der Waals surface area contributed by atoms with Crippen LogP contribution in [0.5, 0.6) is 5.75 Å². The Labute approximate surface area is 233 Å². The van der Waals surface area contributed by atoms with Gasteiger partial charge in [0.2, 0.25) is 21.8 Å². The van der Waals surface area contributed by atoms with Crippen LogP contribution in [0.4, 0.5) is 11.4 Å². The number of benzene rings is 2. The Morgan fingerprint density at radius 2 is 1.87 bits per heavy atom. The number of amides is 2. The predicted molar refractivity (Wildman–Crippen MR) is 148 cm³/mol. The summed E-state index contributed by atoms with van der Waals surface area (Å²) >= 11 is 6.14. The fourth-order valence-electron chi connectivity index (χ4n) is 4.56. The Morgan fingerprint density at radius 1 is 1.18 bits per heavy atom. The number of rotatable bonds is 11. The van der Waals surface area contributed by atoms with E-state index in [1.54, 1.807) is 31.2 Å². The second-order valence-corrected chi connectivity index (χ2v) is 11.9. The molecule has 0 unspecified atom stereocenters. The van der Waals surface area contributed by atoms with Crippen molar-refractivity contribution < 1.29 is 27.7 Å². The Morgan fingerprint density at radius 3 is 2.46 bits per heavy atom. The zero-order valence-corrected chi connectivity index (χ0v) is 23.7. The molecule has 13 heteroatoms. The number of anilines is 1. The normalized spacial score (nSPS) is 14.8. The second kappa shape index (κ2) is 13.1. The molecule has 1 aliphatic rings. The third-order valence-corrected chi connectivity index (χ3v) is 8.04. The van der Waals surface area contributed by atoms with Gasteiger partial charge < -0.3 is 15.0 Å². The molecule has 0 heterocycles. The van der Waals surface area contributed by atoms with Gasteiger partial charge in [-0.25, -0.2) is 8.42 Å². The minimum atomic E-state index is -4.11. The molecular weight excluding hydrogens is 548 g/mol. The SMILES string of the molecule is COc1ccc([N+](=O)[O-])cc1N(CC(=O)N(Cc1cccc(Cl)c1)[C@H](C)C(=O)NC1CCCCC1)S(C)(=O)=O. The standard InChI is InChI=1S/C26H33ClN4O7S/c1-18(26(33)28-21-10-5-4-6-11-21)29(16-19-8-7-9-20(27)14-19)25(32)17-30(39(3,36)37)23-15-22(31(34)35)12-13-24(23)38-2/h7-9,12-15,18,21H,4-6,10-11,16-17H2,1-3H3,(H,28,33)/t18-/m1/s1. The lowest BCUT2D eigenvalue weighted by molar-refractivity contribution is -0.384. The van der Waals surface area contributed by atoms with Crippen molar-refractivity contribution in [3.8, 4) is 5.75 Å². The molecule has 2 aromatic rings. The summed E-state index contributed by atoms with van der Waals surface area (Å²) in [5.41, 5.74) is 0.111. The summed E-state index contributed by atoms with van der Waals surface area (Å²) in [6.07, 6.45) is 5.74. The molecule has 0 spiro atoms. The van der Waals surface area contributed by atoms with E-state index in [2.05, 4.69) is 5.32 Å². The lowest BCUT2D eigenvalue weighted by Crippen LogP contribution is -2.53. The summed E-state index contributed by atoms with van der Waals surface area (Å²) in [6, 6.07) is 9.34. The minimum absolute atomic E-state index is 0.0116. The van der Waals surface area contributed by atoms with Crippen LogP contribution in [-0.2, 0) is 26.2 Å². The first-order chi connectivity index (χ1) is 18.4. The molecule has 0 radical (unpaired) electrons. The first-order valence-corrected chi connectivity index (χ1v) is 14.8. The molecule has 2 aromatic carbocycles. The molecule has 11 nitrogen and oxygen atoms in total. The van der Waals surface area contributed by atoms with E-state index in [0.717, 1.165) is 48.7 Å². The van der Waals surface area contributed by atoms with Crippen LogP contribution >= 0.6 is 11.6 Å². The third kappa shape index (κ3) is 8.06. The molecule has 1 saturated carbocycles. The molecule has 1 aliphatic carbocycles. The molecule has 0 aliphatic heterocycles. The molecule has 0 aromatic heterocycles. The maximum Gasteiger partial charge on any atom is 0.271 e. The van der Waals surface area contributed by atoms with Crippen molar-refractivity contribution in [1.29, 1.82) is 0 Å².